The molecule has 1 N–H and O–H groups in total. The van der Waals surface area contributed by atoms with Crippen LogP contribution in [-0.2, 0) is 9.53 Å². The molecular formula is C20H21N5O3. The molecule has 0 saturated carbocycles. The van der Waals surface area contributed by atoms with Crippen molar-refractivity contribution in [2.75, 3.05) is 18.5 Å². The van der Waals surface area contributed by atoms with Gasteiger partial charge in [0.25, 0.3) is 0 Å². The monoisotopic (exact) mass is 379 g/mol. The van der Waals surface area contributed by atoms with Crippen molar-refractivity contribution in [2.24, 2.45) is 5.92 Å². The van der Waals surface area contributed by atoms with Gasteiger partial charge in [-0.15, -0.1) is 0 Å². The second kappa shape index (κ2) is 7.77. The van der Waals surface area contributed by atoms with E-state index in [1.807, 2.05) is 19.9 Å². The molecule has 1 atom stereocenters. The number of ether oxygens (including phenoxy) is 2. The Kier molecular flexibility index (Phi) is 5.03. The van der Waals surface area contributed by atoms with Crippen molar-refractivity contribution in [1.29, 1.82) is 0 Å². The highest BCUT2D eigenvalue weighted by Gasteiger charge is 2.23. The highest BCUT2D eigenvalue weighted by Crippen LogP contribution is 2.23. The smallest absolute Gasteiger partial charge is 0.229 e. The Morgan fingerprint density at radius 3 is 2.71 bits per heavy atom. The lowest BCUT2D eigenvalue weighted by molar-refractivity contribution is -0.119. The molecule has 1 unspecified atom stereocenters. The lowest BCUT2D eigenvalue weighted by Gasteiger charge is -2.10. The van der Waals surface area contributed by atoms with E-state index in [2.05, 4.69) is 20.4 Å². The number of aromatic nitrogens is 4. The van der Waals surface area contributed by atoms with Crippen molar-refractivity contribution in [3.05, 3.63) is 54.1 Å². The van der Waals surface area contributed by atoms with Crippen LogP contribution >= 0.6 is 0 Å². The number of anilines is 1. The van der Waals surface area contributed by atoms with Crippen LogP contribution in [0.5, 0.6) is 11.6 Å². The van der Waals surface area contributed by atoms with Crippen LogP contribution in [0.2, 0.25) is 0 Å². The number of carbonyl (C=O) groups excluding carboxylic acids is 1. The molecule has 1 aromatic carbocycles. The largest absolute Gasteiger partial charge is 0.439 e. The second-order valence-electron chi connectivity index (χ2n) is 6.73. The normalized spacial score (nSPS) is 16.1. The SMILES string of the molecule is Cc1cc(C)n(-c2cc(Oc3ccc(NC(=O)C4CCOC4)cc3)ncn2)n1. The van der Waals surface area contributed by atoms with Crippen molar-refractivity contribution in [2.45, 2.75) is 20.3 Å². The number of aryl methyl sites for hydroxylation is 2. The quantitative estimate of drug-likeness (QED) is 0.733. The third-order valence-corrected chi connectivity index (χ3v) is 4.50. The molecule has 0 aliphatic carbocycles. The van der Waals surface area contributed by atoms with E-state index in [0.29, 0.717) is 30.7 Å². The van der Waals surface area contributed by atoms with Gasteiger partial charge in [0.1, 0.15) is 12.1 Å². The molecule has 1 amide bonds. The van der Waals surface area contributed by atoms with E-state index >= 15 is 0 Å². The van der Waals surface area contributed by atoms with Crippen molar-refractivity contribution >= 4 is 11.6 Å². The number of hydrogen-bond donors (Lipinski definition) is 1. The molecule has 8 nitrogen and oxygen atoms in total. The average Bonchev–Trinajstić information content (AvgIpc) is 3.33. The van der Waals surface area contributed by atoms with Crippen molar-refractivity contribution < 1.29 is 14.3 Å². The summed E-state index contributed by atoms with van der Waals surface area (Å²) in [6, 6.07) is 10.9. The van der Waals surface area contributed by atoms with Gasteiger partial charge >= 0.3 is 0 Å². The van der Waals surface area contributed by atoms with Gasteiger partial charge in [0.2, 0.25) is 11.8 Å². The maximum Gasteiger partial charge on any atom is 0.229 e. The molecule has 28 heavy (non-hydrogen) atoms. The minimum Gasteiger partial charge on any atom is -0.439 e. The third-order valence-electron chi connectivity index (χ3n) is 4.50. The zero-order valence-corrected chi connectivity index (χ0v) is 15.8. The number of carbonyl (C=O) groups is 1. The Bertz CT molecular complexity index is 978. The van der Waals surface area contributed by atoms with Gasteiger partial charge in [-0.2, -0.15) is 5.10 Å². The maximum absolute atomic E-state index is 12.1. The molecule has 1 fully saturated rings. The van der Waals surface area contributed by atoms with E-state index in [1.165, 1.54) is 6.33 Å². The molecule has 0 radical (unpaired) electrons. The summed E-state index contributed by atoms with van der Waals surface area (Å²) in [6.45, 7) is 5.03. The average molecular weight is 379 g/mol. The van der Waals surface area contributed by atoms with Crippen LogP contribution < -0.4 is 10.1 Å². The van der Waals surface area contributed by atoms with E-state index < -0.39 is 0 Å². The fraction of sp³-hybridized carbons (Fsp3) is 0.300. The number of hydrogen-bond acceptors (Lipinski definition) is 6. The van der Waals surface area contributed by atoms with Gasteiger partial charge in [-0.1, -0.05) is 0 Å². The summed E-state index contributed by atoms with van der Waals surface area (Å²) in [5.74, 6) is 1.57. The molecular weight excluding hydrogens is 358 g/mol. The van der Waals surface area contributed by atoms with Crippen LogP contribution in [0.25, 0.3) is 5.82 Å². The fourth-order valence-electron chi connectivity index (χ4n) is 3.08. The van der Waals surface area contributed by atoms with Gasteiger partial charge in [-0.05, 0) is 50.6 Å². The van der Waals surface area contributed by atoms with Crippen LogP contribution in [0.1, 0.15) is 17.8 Å². The van der Waals surface area contributed by atoms with E-state index in [1.54, 1.807) is 35.0 Å². The fourth-order valence-corrected chi connectivity index (χ4v) is 3.08. The lowest BCUT2D eigenvalue weighted by Crippen LogP contribution is -2.22. The molecule has 8 heteroatoms. The first-order valence-electron chi connectivity index (χ1n) is 9.11. The predicted molar refractivity (Wildman–Crippen MR) is 103 cm³/mol. The van der Waals surface area contributed by atoms with Crippen LogP contribution in [-0.4, -0.2) is 38.9 Å². The van der Waals surface area contributed by atoms with Gasteiger partial charge in [0.15, 0.2) is 5.82 Å². The molecule has 1 aliphatic rings. The highest BCUT2D eigenvalue weighted by atomic mass is 16.5. The Hall–Kier alpha value is -3.26. The summed E-state index contributed by atoms with van der Waals surface area (Å²) >= 11 is 0. The lowest BCUT2D eigenvalue weighted by atomic mass is 10.1. The zero-order chi connectivity index (χ0) is 19.5. The molecule has 0 bridgehead atoms. The third kappa shape index (κ3) is 4.01. The summed E-state index contributed by atoms with van der Waals surface area (Å²) in [5.41, 5.74) is 2.62. The minimum absolute atomic E-state index is 0.0171. The van der Waals surface area contributed by atoms with Gasteiger partial charge in [0, 0.05) is 24.1 Å². The van der Waals surface area contributed by atoms with E-state index in [4.69, 9.17) is 9.47 Å². The number of amides is 1. The number of nitrogens with zero attached hydrogens (tertiary/aromatic N) is 4. The molecule has 144 valence electrons. The van der Waals surface area contributed by atoms with Gasteiger partial charge < -0.3 is 14.8 Å². The Labute approximate surface area is 162 Å². The van der Waals surface area contributed by atoms with Crippen molar-refractivity contribution in [3.8, 4) is 17.4 Å². The second-order valence-corrected chi connectivity index (χ2v) is 6.73. The summed E-state index contributed by atoms with van der Waals surface area (Å²) in [5, 5.41) is 7.32. The first-order chi connectivity index (χ1) is 13.6. The van der Waals surface area contributed by atoms with Gasteiger partial charge in [0.05, 0.1) is 18.2 Å². The molecule has 3 heterocycles. The Morgan fingerprint density at radius 2 is 2.04 bits per heavy atom. The van der Waals surface area contributed by atoms with Gasteiger partial charge in [-0.3, -0.25) is 4.79 Å². The Morgan fingerprint density at radius 1 is 1.21 bits per heavy atom. The Balaban J connectivity index is 1.44. The van der Waals surface area contributed by atoms with Crippen LogP contribution in [0.15, 0.2) is 42.7 Å². The van der Waals surface area contributed by atoms with Crippen molar-refractivity contribution in [3.63, 3.8) is 0 Å². The van der Waals surface area contributed by atoms with E-state index in [9.17, 15) is 4.79 Å². The minimum atomic E-state index is -0.0789. The molecule has 1 aliphatic heterocycles. The summed E-state index contributed by atoms with van der Waals surface area (Å²) in [6.07, 6.45) is 2.21. The number of benzene rings is 1. The molecule has 3 aromatic rings. The van der Waals surface area contributed by atoms with Crippen LogP contribution in [0.3, 0.4) is 0 Å². The van der Waals surface area contributed by atoms with Gasteiger partial charge in [-0.25, -0.2) is 14.6 Å². The maximum atomic E-state index is 12.1. The summed E-state index contributed by atoms with van der Waals surface area (Å²) < 4.78 is 12.8. The first-order valence-corrected chi connectivity index (χ1v) is 9.11. The summed E-state index contributed by atoms with van der Waals surface area (Å²) in [7, 11) is 0. The predicted octanol–water partition coefficient (Wildman–Crippen LogP) is 3.05. The molecule has 1 saturated heterocycles. The number of rotatable bonds is 5. The molecule has 4 rings (SSSR count). The molecule has 0 spiro atoms. The standard InChI is InChI=1S/C20H21N5O3/c1-13-9-14(2)25(24-13)18-10-19(22-12-21-18)28-17-5-3-16(4-6-17)23-20(26)15-7-8-27-11-15/h3-6,9-10,12,15H,7-8,11H2,1-2H3,(H,23,26). The van der Waals surface area contributed by atoms with Crippen molar-refractivity contribution in [1.82, 2.24) is 19.7 Å². The van der Waals surface area contributed by atoms with E-state index in [0.717, 1.165) is 23.5 Å². The summed E-state index contributed by atoms with van der Waals surface area (Å²) in [4.78, 5) is 20.6. The highest BCUT2D eigenvalue weighted by molar-refractivity contribution is 5.92. The zero-order valence-electron chi connectivity index (χ0n) is 15.8. The topological polar surface area (TPSA) is 91.2 Å². The van der Waals surface area contributed by atoms with E-state index in [-0.39, 0.29) is 11.8 Å². The van der Waals surface area contributed by atoms with Crippen LogP contribution in [0, 0.1) is 19.8 Å². The molecule has 2 aromatic heterocycles. The van der Waals surface area contributed by atoms with Crippen LogP contribution in [0.4, 0.5) is 5.69 Å². The first kappa shape index (κ1) is 18.1. The number of nitrogens with one attached hydrogen (secondary N) is 1.